The molecule has 1 N–H and O–H groups in total. The maximum absolute atomic E-state index is 10.9. The second-order valence-electron chi connectivity index (χ2n) is 4.88. The summed E-state index contributed by atoms with van der Waals surface area (Å²) in [6, 6.07) is 14.4. The van der Waals surface area contributed by atoms with Gasteiger partial charge < -0.3 is 9.67 Å². The fraction of sp³-hybridized carbons (Fsp3) is 0.0588. The molecule has 0 spiro atoms. The van der Waals surface area contributed by atoms with E-state index in [-0.39, 0.29) is 5.56 Å². The quantitative estimate of drug-likeness (QED) is 0.746. The van der Waals surface area contributed by atoms with E-state index in [0.717, 1.165) is 22.8 Å². The monoisotopic (exact) mass is 279 g/mol. The van der Waals surface area contributed by atoms with Gasteiger partial charge in [-0.1, -0.05) is 24.3 Å². The number of benzene rings is 2. The van der Waals surface area contributed by atoms with Gasteiger partial charge >= 0.3 is 5.97 Å². The molecule has 0 saturated heterocycles. The lowest BCUT2D eigenvalue weighted by Crippen LogP contribution is -2.00. The van der Waals surface area contributed by atoms with Gasteiger partial charge in [0.2, 0.25) is 0 Å². The minimum atomic E-state index is -0.927. The van der Waals surface area contributed by atoms with Gasteiger partial charge in [0.05, 0.1) is 5.56 Å². The average Bonchev–Trinajstić information content (AvgIpc) is 2.90. The largest absolute Gasteiger partial charge is 0.478 e. The zero-order chi connectivity index (χ0) is 14.8. The molecule has 0 fully saturated rings. The third kappa shape index (κ3) is 2.56. The van der Waals surface area contributed by atoms with Gasteiger partial charge in [-0.2, -0.15) is 0 Å². The summed E-state index contributed by atoms with van der Waals surface area (Å²) in [7, 11) is 0. The molecule has 0 amide bonds. The highest BCUT2D eigenvalue weighted by atomic mass is 16.4. The van der Waals surface area contributed by atoms with E-state index in [1.165, 1.54) is 0 Å². The first-order valence-corrected chi connectivity index (χ1v) is 6.54. The summed E-state index contributed by atoms with van der Waals surface area (Å²) in [5.74, 6) is -0.927. The van der Waals surface area contributed by atoms with Crippen LogP contribution in [0.5, 0.6) is 0 Å². The van der Waals surface area contributed by atoms with Crippen molar-refractivity contribution >= 4 is 23.2 Å². The summed E-state index contributed by atoms with van der Waals surface area (Å²) < 4.78 is 2.04. The molecule has 1 heterocycles. The highest BCUT2D eigenvalue weighted by Gasteiger charge is 2.05. The minimum Gasteiger partial charge on any atom is -0.478 e. The van der Waals surface area contributed by atoms with Gasteiger partial charge in [0.1, 0.15) is 6.29 Å². The highest BCUT2D eigenvalue weighted by Crippen LogP contribution is 2.18. The number of carboxylic acids is 1. The lowest BCUT2D eigenvalue weighted by molar-refractivity contribution is 0.0696. The number of aldehydes is 1. The van der Waals surface area contributed by atoms with Crippen LogP contribution in [0.1, 0.15) is 26.3 Å². The van der Waals surface area contributed by atoms with Gasteiger partial charge in [-0.25, -0.2) is 4.79 Å². The lowest BCUT2D eigenvalue weighted by atomic mass is 10.1. The van der Waals surface area contributed by atoms with Crippen LogP contribution in [0.3, 0.4) is 0 Å². The number of carbonyl (C=O) groups excluding carboxylic acids is 1. The van der Waals surface area contributed by atoms with Gasteiger partial charge in [-0.15, -0.1) is 0 Å². The first kappa shape index (κ1) is 13.1. The molecule has 0 aliphatic heterocycles. The number of aromatic carboxylic acids is 1. The summed E-state index contributed by atoms with van der Waals surface area (Å²) in [4.78, 5) is 21.7. The lowest BCUT2D eigenvalue weighted by Gasteiger charge is -2.06. The summed E-state index contributed by atoms with van der Waals surface area (Å²) in [5.41, 5.74) is 2.92. The first-order chi connectivity index (χ1) is 10.2. The molecular weight excluding hydrogens is 266 g/mol. The number of carbonyl (C=O) groups is 2. The standard InChI is InChI=1S/C17H13NO3/c19-11-13-3-4-14-7-8-18(16(14)9-13)10-12-1-5-15(6-2-12)17(20)21/h1-9,11H,10H2,(H,20,21). The van der Waals surface area contributed by atoms with E-state index in [4.69, 9.17) is 5.11 Å². The van der Waals surface area contributed by atoms with Crippen LogP contribution in [0, 0.1) is 0 Å². The second kappa shape index (κ2) is 5.25. The van der Waals surface area contributed by atoms with Crippen LogP contribution in [-0.2, 0) is 6.54 Å². The van der Waals surface area contributed by atoms with E-state index in [1.54, 1.807) is 30.3 Å². The Morgan fingerprint density at radius 1 is 1.10 bits per heavy atom. The van der Waals surface area contributed by atoms with Gasteiger partial charge in [-0.3, -0.25) is 4.79 Å². The summed E-state index contributed by atoms with van der Waals surface area (Å²) in [6.07, 6.45) is 2.79. The first-order valence-electron chi connectivity index (χ1n) is 6.54. The Balaban J connectivity index is 1.93. The van der Waals surface area contributed by atoms with Gasteiger partial charge in [0.25, 0.3) is 0 Å². The number of hydrogen-bond acceptors (Lipinski definition) is 2. The van der Waals surface area contributed by atoms with Crippen molar-refractivity contribution in [3.8, 4) is 0 Å². The molecule has 3 rings (SSSR count). The average molecular weight is 279 g/mol. The fourth-order valence-electron chi connectivity index (χ4n) is 2.36. The van der Waals surface area contributed by atoms with E-state index in [9.17, 15) is 9.59 Å². The molecule has 3 aromatic rings. The zero-order valence-corrected chi connectivity index (χ0v) is 11.2. The number of fused-ring (bicyclic) bond motifs is 1. The highest BCUT2D eigenvalue weighted by molar-refractivity contribution is 5.88. The molecular formula is C17H13NO3. The van der Waals surface area contributed by atoms with Crippen molar-refractivity contribution in [3.05, 3.63) is 71.4 Å². The van der Waals surface area contributed by atoms with Crippen LogP contribution in [0.2, 0.25) is 0 Å². The SMILES string of the molecule is O=Cc1ccc2ccn(Cc3ccc(C(=O)O)cc3)c2c1. The smallest absolute Gasteiger partial charge is 0.335 e. The van der Waals surface area contributed by atoms with Gasteiger partial charge in [-0.05, 0) is 35.2 Å². The Hall–Kier alpha value is -2.88. The van der Waals surface area contributed by atoms with Crippen molar-refractivity contribution in [3.63, 3.8) is 0 Å². The minimum absolute atomic E-state index is 0.277. The number of carboxylic acid groups (broad SMARTS) is 1. The van der Waals surface area contributed by atoms with Crippen LogP contribution < -0.4 is 0 Å². The van der Waals surface area contributed by atoms with E-state index >= 15 is 0 Å². The topological polar surface area (TPSA) is 59.3 Å². The van der Waals surface area contributed by atoms with Crippen molar-refractivity contribution in [1.82, 2.24) is 4.57 Å². The molecule has 0 bridgehead atoms. The van der Waals surface area contributed by atoms with Crippen LogP contribution in [0.4, 0.5) is 0 Å². The van der Waals surface area contributed by atoms with Gasteiger partial charge in [0.15, 0.2) is 0 Å². The normalized spacial score (nSPS) is 10.7. The van der Waals surface area contributed by atoms with E-state index in [2.05, 4.69) is 0 Å². The van der Waals surface area contributed by atoms with Gasteiger partial charge in [0, 0.05) is 23.8 Å². The number of nitrogens with zero attached hydrogens (tertiary/aromatic N) is 1. The molecule has 21 heavy (non-hydrogen) atoms. The number of hydrogen-bond donors (Lipinski definition) is 1. The zero-order valence-electron chi connectivity index (χ0n) is 11.2. The van der Waals surface area contributed by atoms with E-state index < -0.39 is 5.97 Å². The maximum Gasteiger partial charge on any atom is 0.335 e. The molecule has 0 atom stereocenters. The summed E-state index contributed by atoms with van der Waals surface area (Å²) in [6.45, 7) is 0.631. The third-order valence-electron chi connectivity index (χ3n) is 3.49. The van der Waals surface area contributed by atoms with Crippen LogP contribution in [0.15, 0.2) is 54.7 Å². The predicted molar refractivity (Wildman–Crippen MR) is 79.8 cm³/mol. The molecule has 0 unspecified atom stereocenters. The van der Waals surface area contributed by atoms with Crippen LogP contribution in [-0.4, -0.2) is 21.9 Å². The fourth-order valence-corrected chi connectivity index (χ4v) is 2.36. The van der Waals surface area contributed by atoms with Crippen LogP contribution in [0.25, 0.3) is 10.9 Å². The van der Waals surface area contributed by atoms with Crippen molar-refractivity contribution in [2.75, 3.05) is 0 Å². The second-order valence-corrected chi connectivity index (χ2v) is 4.88. The molecule has 0 aliphatic carbocycles. The van der Waals surface area contributed by atoms with Crippen molar-refractivity contribution in [2.24, 2.45) is 0 Å². The number of rotatable bonds is 4. The Morgan fingerprint density at radius 2 is 1.86 bits per heavy atom. The van der Waals surface area contributed by atoms with Crippen molar-refractivity contribution in [2.45, 2.75) is 6.54 Å². The predicted octanol–water partition coefficient (Wildman–Crippen LogP) is 3.20. The van der Waals surface area contributed by atoms with Crippen LogP contribution >= 0.6 is 0 Å². The molecule has 4 heteroatoms. The Kier molecular flexibility index (Phi) is 3.28. The Bertz CT molecular complexity index is 816. The molecule has 2 aromatic carbocycles. The Morgan fingerprint density at radius 3 is 2.52 bits per heavy atom. The van der Waals surface area contributed by atoms with Crippen molar-refractivity contribution in [1.29, 1.82) is 0 Å². The number of aromatic nitrogens is 1. The van der Waals surface area contributed by atoms with E-state index in [1.807, 2.05) is 29.0 Å². The molecule has 1 aromatic heterocycles. The maximum atomic E-state index is 10.9. The Labute approximate surface area is 121 Å². The summed E-state index contributed by atoms with van der Waals surface area (Å²) in [5, 5.41) is 9.97. The molecule has 4 nitrogen and oxygen atoms in total. The molecule has 104 valence electrons. The van der Waals surface area contributed by atoms with E-state index in [0.29, 0.717) is 12.1 Å². The molecule has 0 radical (unpaired) electrons. The molecule has 0 saturated carbocycles. The third-order valence-corrected chi connectivity index (χ3v) is 3.49. The van der Waals surface area contributed by atoms with Crippen molar-refractivity contribution < 1.29 is 14.7 Å². The summed E-state index contributed by atoms with van der Waals surface area (Å²) >= 11 is 0. The molecule has 0 aliphatic rings.